The lowest BCUT2D eigenvalue weighted by molar-refractivity contribution is -0.141. The second-order valence-electron chi connectivity index (χ2n) is 9.27. The van der Waals surface area contributed by atoms with Crippen molar-refractivity contribution in [3.05, 3.63) is 59.6 Å². The first-order valence-corrected chi connectivity index (χ1v) is 12.4. The summed E-state index contributed by atoms with van der Waals surface area (Å²) in [6, 6.07) is 1.97. The van der Waals surface area contributed by atoms with E-state index in [1.807, 2.05) is 0 Å². The maximum atomic E-state index is 15.1. The molecule has 0 aliphatic carbocycles. The Labute approximate surface area is 234 Å². The van der Waals surface area contributed by atoms with Crippen molar-refractivity contribution >= 4 is 29.0 Å². The predicted molar refractivity (Wildman–Crippen MR) is 139 cm³/mol. The number of carbonyl (C=O) groups is 2. The zero-order valence-electron chi connectivity index (χ0n) is 22.1. The third-order valence-corrected chi connectivity index (χ3v) is 6.00. The summed E-state index contributed by atoms with van der Waals surface area (Å²) in [6.45, 7) is 1.95. The summed E-state index contributed by atoms with van der Waals surface area (Å²) in [6.07, 6.45) is -3.30. The number of carbonyl (C=O) groups excluding carboxylic acids is 2. The van der Waals surface area contributed by atoms with Crippen molar-refractivity contribution in [3.63, 3.8) is 0 Å². The Hall–Kier alpha value is -4.67. The second kappa shape index (κ2) is 12.1. The molecule has 4 rings (SSSR count). The SMILES string of the molecule is Cc1cc(Nc2nccn3c(-c4cn(CC(F)F)nc4C(F)(F)F)cnc23)cc(F)c1C(=O)NC(C)CNC(=O)CN. The highest BCUT2D eigenvalue weighted by Gasteiger charge is 2.38. The monoisotopic (exact) mass is 597 g/mol. The molecule has 4 aromatic rings. The molecule has 0 spiro atoms. The molecule has 1 atom stereocenters. The number of hydrogen-bond donors (Lipinski definition) is 4. The molecule has 3 aromatic heterocycles. The van der Waals surface area contributed by atoms with Gasteiger partial charge in [0.1, 0.15) is 12.4 Å². The highest BCUT2D eigenvalue weighted by atomic mass is 19.4. The lowest BCUT2D eigenvalue weighted by atomic mass is 10.1. The van der Waals surface area contributed by atoms with Crippen molar-refractivity contribution in [1.82, 2.24) is 34.8 Å². The maximum Gasteiger partial charge on any atom is 0.435 e. The van der Waals surface area contributed by atoms with Gasteiger partial charge in [-0.05, 0) is 31.5 Å². The van der Waals surface area contributed by atoms with E-state index in [4.69, 9.17) is 5.73 Å². The molecule has 0 saturated carbocycles. The zero-order chi connectivity index (χ0) is 30.8. The van der Waals surface area contributed by atoms with Gasteiger partial charge in [0.05, 0.1) is 29.6 Å². The first kappa shape index (κ1) is 30.3. The average molecular weight is 598 g/mol. The number of halogens is 6. The van der Waals surface area contributed by atoms with Crippen LogP contribution in [0.2, 0.25) is 0 Å². The summed E-state index contributed by atoms with van der Waals surface area (Å²) in [7, 11) is 0. The van der Waals surface area contributed by atoms with Crippen LogP contribution in [-0.4, -0.2) is 61.5 Å². The molecule has 3 heterocycles. The third-order valence-electron chi connectivity index (χ3n) is 6.00. The molecule has 0 aliphatic rings. The van der Waals surface area contributed by atoms with Crippen LogP contribution in [0.1, 0.15) is 28.5 Å². The Kier molecular flexibility index (Phi) is 8.70. The van der Waals surface area contributed by atoms with Gasteiger partial charge in [0, 0.05) is 36.9 Å². The molecular formula is C25H25F6N9O2. The highest BCUT2D eigenvalue weighted by molar-refractivity contribution is 5.96. The van der Waals surface area contributed by atoms with Crippen LogP contribution >= 0.6 is 0 Å². The number of anilines is 2. The molecule has 1 aromatic carbocycles. The molecule has 2 amide bonds. The second-order valence-corrected chi connectivity index (χ2v) is 9.27. The van der Waals surface area contributed by atoms with E-state index in [0.717, 1.165) is 18.5 Å². The summed E-state index contributed by atoms with van der Waals surface area (Å²) < 4.78 is 83.5. The molecule has 0 saturated heterocycles. The van der Waals surface area contributed by atoms with Crippen LogP contribution in [0.25, 0.3) is 16.9 Å². The molecule has 224 valence electrons. The fraction of sp³-hybridized carbons (Fsp3) is 0.320. The van der Waals surface area contributed by atoms with Crippen molar-refractivity contribution < 1.29 is 35.9 Å². The summed E-state index contributed by atoms with van der Waals surface area (Å²) in [5.41, 5.74) is 3.54. The van der Waals surface area contributed by atoms with E-state index in [2.05, 4.69) is 31.0 Å². The minimum Gasteiger partial charge on any atom is -0.353 e. The highest BCUT2D eigenvalue weighted by Crippen LogP contribution is 2.37. The Balaban J connectivity index is 1.61. The Morgan fingerprint density at radius 3 is 2.55 bits per heavy atom. The maximum absolute atomic E-state index is 15.1. The van der Waals surface area contributed by atoms with E-state index in [9.17, 15) is 31.5 Å². The van der Waals surface area contributed by atoms with Crippen LogP contribution in [0.5, 0.6) is 0 Å². The van der Waals surface area contributed by atoms with Crippen molar-refractivity contribution in [2.24, 2.45) is 5.73 Å². The number of nitrogens with zero attached hydrogens (tertiary/aromatic N) is 5. The summed E-state index contributed by atoms with van der Waals surface area (Å²) in [5, 5.41) is 11.2. The number of imidazole rings is 1. The summed E-state index contributed by atoms with van der Waals surface area (Å²) in [4.78, 5) is 32.3. The summed E-state index contributed by atoms with van der Waals surface area (Å²) in [5.74, 6) is -1.95. The van der Waals surface area contributed by atoms with Gasteiger partial charge in [-0.1, -0.05) is 0 Å². The molecule has 0 bridgehead atoms. The van der Waals surface area contributed by atoms with Gasteiger partial charge in [-0.3, -0.25) is 18.7 Å². The molecule has 1 unspecified atom stereocenters. The number of amides is 2. The van der Waals surface area contributed by atoms with E-state index in [-0.39, 0.29) is 47.1 Å². The van der Waals surface area contributed by atoms with Gasteiger partial charge in [-0.15, -0.1) is 0 Å². The van der Waals surface area contributed by atoms with Crippen molar-refractivity contribution in [2.45, 2.75) is 39.0 Å². The van der Waals surface area contributed by atoms with Crippen LogP contribution in [0.15, 0.2) is 36.9 Å². The van der Waals surface area contributed by atoms with Crippen LogP contribution in [0, 0.1) is 12.7 Å². The molecular weight excluding hydrogens is 572 g/mol. The number of rotatable bonds is 10. The fourth-order valence-electron chi connectivity index (χ4n) is 4.19. The van der Waals surface area contributed by atoms with Crippen molar-refractivity contribution in [1.29, 1.82) is 0 Å². The van der Waals surface area contributed by atoms with E-state index < -0.39 is 54.1 Å². The van der Waals surface area contributed by atoms with E-state index in [1.165, 1.54) is 29.8 Å². The lowest BCUT2D eigenvalue weighted by Crippen LogP contribution is -2.43. The summed E-state index contributed by atoms with van der Waals surface area (Å²) >= 11 is 0. The number of hydrogen-bond acceptors (Lipinski definition) is 7. The van der Waals surface area contributed by atoms with Gasteiger partial charge >= 0.3 is 6.18 Å². The quantitative estimate of drug-likeness (QED) is 0.206. The van der Waals surface area contributed by atoms with Gasteiger partial charge < -0.3 is 21.7 Å². The Morgan fingerprint density at radius 2 is 1.90 bits per heavy atom. The number of nitrogens with one attached hydrogen (secondary N) is 3. The molecule has 0 fully saturated rings. The van der Waals surface area contributed by atoms with Crippen LogP contribution in [0.4, 0.5) is 37.8 Å². The predicted octanol–water partition coefficient (Wildman–Crippen LogP) is 3.26. The topological polar surface area (TPSA) is 144 Å². The van der Waals surface area contributed by atoms with Crippen molar-refractivity contribution in [3.8, 4) is 11.3 Å². The Morgan fingerprint density at radius 1 is 1.17 bits per heavy atom. The average Bonchev–Trinajstić information content (AvgIpc) is 3.51. The minimum atomic E-state index is -4.93. The zero-order valence-corrected chi connectivity index (χ0v) is 22.1. The van der Waals surface area contributed by atoms with E-state index >= 15 is 4.39 Å². The molecule has 42 heavy (non-hydrogen) atoms. The molecule has 0 aliphatic heterocycles. The number of aromatic nitrogens is 5. The molecule has 5 N–H and O–H groups in total. The van der Waals surface area contributed by atoms with Crippen LogP contribution in [-0.2, 0) is 17.5 Å². The van der Waals surface area contributed by atoms with Crippen molar-refractivity contribution in [2.75, 3.05) is 18.4 Å². The third kappa shape index (κ3) is 6.62. The largest absolute Gasteiger partial charge is 0.435 e. The standard InChI is InChI=1S/C25H25F6N9O2/c1-12-5-14(6-16(26)20(12)24(42)36-13(2)8-34-19(41)7-32)37-22-23-35-9-17(40(23)4-3-33-22)15-10-39(11-18(27)28)38-21(15)25(29,30)31/h3-6,9-10,13,18H,7-8,11,32H2,1-2H3,(H,33,37)(H,34,41)(H,36,42). The van der Waals surface area contributed by atoms with Gasteiger partial charge in [-0.25, -0.2) is 23.1 Å². The first-order valence-electron chi connectivity index (χ1n) is 12.4. The van der Waals surface area contributed by atoms with Gasteiger partial charge in [-0.2, -0.15) is 18.3 Å². The van der Waals surface area contributed by atoms with E-state index in [0.29, 0.717) is 4.68 Å². The number of benzene rings is 1. The smallest absolute Gasteiger partial charge is 0.353 e. The number of aryl methyl sites for hydroxylation is 1. The van der Waals surface area contributed by atoms with Crippen LogP contribution in [0.3, 0.4) is 0 Å². The fourth-order valence-corrected chi connectivity index (χ4v) is 4.19. The number of fused-ring (bicyclic) bond motifs is 1. The molecule has 17 heteroatoms. The minimum absolute atomic E-state index is 0.0394. The number of alkyl halides is 5. The molecule has 0 radical (unpaired) electrons. The van der Waals surface area contributed by atoms with E-state index in [1.54, 1.807) is 6.92 Å². The van der Waals surface area contributed by atoms with Gasteiger partial charge in [0.2, 0.25) is 5.91 Å². The normalized spacial score (nSPS) is 12.5. The van der Waals surface area contributed by atoms with Gasteiger partial charge in [0.15, 0.2) is 17.2 Å². The Bertz CT molecular complexity index is 1590. The number of nitrogens with two attached hydrogens (primary N) is 1. The van der Waals surface area contributed by atoms with Crippen LogP contribution < -0.4 is 21.7 Å². The molecule has 11 nitrogen and oxygen atoms in total. The first-order chi connectivity index (χ1) is 19.8. The van der Waals surface area contributed by atoms with Gasteiger partial charge in [0.25, 0.3) is 12.3 Å². The lowest BCUT2D eigenvalue weighted by Gasteiger charge is -2.17.